The molecule has 0 nitrogen and oxygen atoms in total. The molecule has 0 bridgehead atoms. The van der Waals surface area contributed by atoms with Gasteiger partial charge in [0.25, 0.3) is 0 Å². The van der Waals surface area contributed by atoms with Crippen LogP contribution in [0.3, 0.4) is 0 Å². The summed E-state index contributed by atoms with van der Waals surface area (Å²) in [4.78, 5) is 0. The maximum atomic E-state index is 4.30. The van der Waals surface area contributed by atoms with Crippen LogP contribution in [-0.2, 0) is 12.8 Å². The van der Waals surface area contributed by atoms with Gasteiger partial charge in [0, 0.05) is 0 Å². The Morgan fingerprint density at radius 1 is 0.518 bits per heavy atom. The zero-order chi connectivity index (χ0) is 38.2. The third kappa shape index (κ3) is 19.8. The van der Waals surface area contributed by atoms with Crippen molar-refractivity contribution in [2.24, 2.45) is 5.92 Å². The number of benzene rings is 6. The van der Waals surface area contributed by atoms with E-state index in [9.17, 15) is 0 Å². The molecule has 2 heteroatoms. The SMILES string of the molecule is C=C(C)C(C[CH-]c1ccccc1)CC(Cc1ccccc1)c1ccccc1.C=C(C)[CH-]CC(Cc1ccccc1)c1ccccc1.C=Cc1ccccc1.[K+].[K+]. The van der Waals surface area contributed by atoms with Gasteiger partial charge in [-0.2, -0.15) is 24.1 Å². The Labute approximate surface area is 425 Å². The van der Waals surface area contributed by atoms with Crippen molar-refractivity contribution in [3.05, 3.63) is 259 Å². The first-order valence-corrected chi connectivity index (χ1v) is 19.3. The molecule has 0 aliphatic heterocycles. The van der Waals surface area contributed by atoms with Crippen molar-refractivity contribution in [1.82, 2.24) is 0 Å². The zero-order valence-corrected chi connectivity index (χ0v) is 40.7. The average molecular weight is 785 g/mol. The second-order valence-corrected chi connectivity index (χ2v) is 14.1. The predicted octanol–water partition coefficient (Wildman–Crippen LogP) is 8.76. The molecule has 6 aromatic carbocycles. The van der Waals surface area contributed by atoms with Gasteiger partial charge >= 0.3 is 103 Å². The van der Waals surface area contributed by atoms with Crippen LogP contribution in [0.2, 0.25) is 0 Å². The Morgan fingerprint density at radius 2 is 0.911 bits per heavy atom. The second kappa shape index (κ2) is 29.7. The van der Waals surface area contributed by atoms with Gasteiger partial charge in [0.15, 0.2) is 0 Å². The van der Waals surface area contributed by atoms with E-state index in [1.54, 1.807) is 0 Å². The Bertz CT molecular complexity index is 1890. The molecular weight excluding hydrogens is 727 g/mol. The van der Waals surface area contributed by atoms with Gasteiger partial charge < -0.3 is 0 Å². The van der Waals surface area contributed by atoms with E-state index in [2.05, 4.69) is 198 Å². The van der Waals surface area contributed by atoms with Crippen molar-refractivity contribution < 1.29 is 103 Å². The van der Waals surface area contributed by atoms with E-state index < -0.39 is 0 Å². The van der Waals surface area contributed by atoms with Gasteiger partial charge in [0.2, 0.25) is 0 Å². The van der Waals surface area contributed by atoms with E-state index in [0.717, 1.165) is 37.7 Å². The predicted molar refractivity (Wildman–Crippen MR) is 236 cm³/mol. The molecule has 56 heavy (non-hydrogen) atoms. The first kappa shape index (κ1) is 49.7. The minimum Gasteiger partial charge on any atom is -0.242 e. The topological polar surface area (TPSA) is 0 Å². The molecule has 0 spiro atoms. The normalized spacial score (nSPS) is 11.5. The molecule has 0 aliphatic carbocycles. The fourth-order valence-corrected chi connectivity index (χ4v) is 6.56. The summed E-state index contributed by atoms with van der Waals surface area (Å²) in [5.41, 5.74) is 10.5. The Morgan fingerprint density at radius 3 is 1.32 bits per heavy atom. The van der Waals surface area contributed by atoms with Crippen LogP contribution >= 0.6 is 0 Å². The molecule has 6 rings (SSSR count). The summed E-state index contributed by atoms with van der Waals surface area (Å²) < 4.78 is 0. The van der Waals surface area contributed by atoms with E-state index in [1.165, 1.54) is 39.0 Å². The van der Waals surface area contributed by atoms with Gasteiger partial charge in [-0.3, -0.25) is 0 Å². The number of allylic oxidation sites excluding steroid dienone is 2. The molecule has 0 heterocycles. The quantitative estimate of drug-likeness (QED) is 0.0524. The summed E-state index contributed by atoms with van der Waals surface area (Å²) in [6, 6.07) is 63.9. The van der Waals surface area contributed by atoms with Gasteiger partial charge in [-0.05, 0) is 71.8 Å². The standard InChI is InChI=1S/C27H29.C19H21.C8H8.2K/c1-22(2)26(19-18-23-12-6-3-7-13-23)21-27(25-16-10-5-11-17-25)20-24-14-8-4-9-15-24;1-16(2)13-14-19(18-11-7-4-8-12-18)15-17-9-5-3-6-10-17;1-2-8-6-4-3-5-7-8;;/h3-18,26-27H,1,19-21H2,2H3;3-13,19H,1,14-15H2,2H3;2-7H,1H2;;/q2*-1;;2*+1. The molecule has 3 unspecified atom stereocenters. The van der Waals surface area contributed by atoms with E-state index in [0.29, 0.717) is 17.8 Å². The maximum Gasteiger partial charge on any atom is 1.00 e. The monoisotopic (exact) mass is 784 g/mol. The molecule has 0 radical (unpaired) electrons. The van der Waals surface area contributed by atoms with Crippen molar-refractivity contribution >= 4 is 6.08 Å². The van der Waals surface area contributed by atoms with Gasteiger partial charge in [0.05, 0.1) is 0 Å². The van der Waals surface area contributed by atoms with E-state index in [1.807, 2.05) is 36.4 Å². The minimum atomic E-state index is 0. The van der Waals surface area contributed by atoms with E-state index >= 15 is 0 Å². The van der Waals surface area contributed by atoms with Crippen molar-refractivity contribution in [3.8, 4) is 0 Å². The Hall–Kier alpha value is -2.45. The van der Waals surface area contributed by atoms with Crippen LogP contribution in [0.15, 0.2) is 213 Å². The average Bonchev–Trinajstić information content (AvgIpc) is 3.23. The fourth-order valence-electron chi connectivity index (χ4n) is 6.56. The Balaban J connectivity index is 0.000000324. The molecule has 0 aliphatic rings. The molecule has 276 valence electrons. The van der Waals surface area contributed by atoms with Crippen molar-refractivity contribution in [2.75, 3.05) is 0 Å². The number of hydrogen-bond acceptors (Lipinski definition) is 0. The molecule has 0 amide bonds. The molecule has 0 saturated heterocycles. The summed E-state index contributed by atoms with van der Waals surface area (Å²) in [6.45, 7) is 16.1. The smallest absolute Gasteiger partial charge is 0.242 e. The molecule has 0 saturated carbocycles. The van der Waals surface area contributed by atoms with Crippen LogP contribution in [0.5, 0.6) is 0 Å². The van der Waals surface area contributed by atoms with Gasteiger partial charge in [0.1, 0.15) is 0 Å². The largest absolute Gasteiger partial charge is 1.00 e. The minimum absolute atomic E-state index is 0. The van der Waals surface area contributed by atoms with Crippen LogP contribution in [0.1, 0.15) is 78.3 Å². The first-order chi connectivity index (χ1) is 26.4. The summed E-state index contributed by atoms with van der Waals surface area (Å²) in [7, 11) is 0. The van der Waals surface area contributed by atoms with Crippen LogP contribution in [-0.4, -0.2) is 0 Å². The third-order valence-electron chi connectivity index (χ3n) is 9.68. The van der Waals surface area contributed by atoms with Crippen molar-refractivity contribution in [1.29, 1.82) is 0 Å². The van der Waals surface area contributed by atoms with Crippen LogP contribution in [0.4, 0.5) is 0 Å². The molecular formula is C54H58K2. The van der Waals surface area contributed by atoms with Gasteiger partial charge in [-0.15, -0.1) is 12.1 Å². The third-order valence-corrected chi connectivity index (χ3v) is 9.68. The summed E-state index contributed by atoms with van der Waals surface area (Å²) in [5.74, 6) is 1.51. The van der Waals surface area contributed by atoms with E-state index in [-0.39, 0.29) is 103 Å². The second-order valence-electron chi connectivity index (χ2n) is 14.1. The fraction of sp³-hybridized carbons (Fsp3) is 0.185. The van der Waals surface area contributed by atoms with Gasteiger partial charge in [-0.1, -0.05) is 202 Å². The Kier molecular flexibility index (Phi) is 26.4. The molecule has 6 aromatic rings. The number of rotatable bonds is 16. The molecule has 3 atom stereocenters. The molecule has 0 aromatic heterocycles. The summed E-state index contributed by atoms with van der Waals surface area (Å²) in [6.07, 6.45) is 11.8. The first-order valence-electron chi connectivity index (χ1n) is 19.3. The van der Waals surface area contributed by atoms with Crippen LogP contribution in [0.25, 0.3) is 6.08 Å². The van der Waals surface area contributed by atoms with Gasteiger partial charge in [-0.25, -0.2) is 18.6 Å². The maximum absolute atomic E-state index is 4.30. The van der Waals surface area contributed by atoms with Crippen LogP contribution in [0, 0.1) is 18.8 Å². The summed E-state index contributed by atoms with van der Waals surface area (Å²) >= 11 is 0. The zero-order valence-electron chi connectivity index (χ0n) is 34.4. The number of hydrogen-bond donors (Lipinski definition) is 0. The van der Waals surface area contributed by atoms with Crippen molar-refractivity contribution in [3.63, 3.8) is 0 Å². The van der Waals surface area contributed by atoms with Crippen LogP contribution < -0.4 is 103 Å². The molecule has 0 N–H and O–H groups in total. The van der Waals surface area contributed by atoms with E-state index in [4.69, 9.17) is 0 Å². The summed E-state index contributed by atoms with van der Waals surface area (Å²) in [5, 5.41) is 0. The molecule has 0 fully saturated rings. The van der Waals surface area contributed by atoms with Crippen molar-refractivity contribution in [2.45, 2.75) is 57.8 Å².